The van der Waals surface area contributed by atoms with Crippen LogP contribution in [0.3, 0.4) is 0 Å². The van der Waals surface area contributed by atoms with E-state index in [2.05, 4.69) is 9.97 Å². The lowest BCUT2D eigenvalue weighted by Gasteiger charge is -2.01. The smallest absolute Gasteiger partial charge is 0.137 e. The van der Waals surface area contributed by atoms with Crippen LogP contribution < -0.4 is 0 Å². The summed E-state index contributed by atoms with van der Waals surface area (Å²) in [7, 11) is 0. The first kappa shape index (κ1) is 8.97. The lowest BCUT2D eigenvalue weighted by atomic mass is 10.1. The second kappa shape index (κ2) is 4.07. The van der Waals surface area contributed by atoms with Gasteiger partial charge in [-0.25, -0.2) is 4.98 Å². The van der Waals surface area contributed by atoms with Gasteiger partial charge in [0.05, 0.1) is 0 Å². The Labute approximate surface area is 82.4 Å². The van der Waals surface area contributed by atoms with E-state index in [9.17, 15) is 0 Å². The third kappa shape index (κ3) is 1.83. The minimum absolute atomic E-state index is 0.182. The van der Waals surface area contributed by atoms with Gasteiger partial charge in [-0.1, -0.05) is 18.2 Å². The van der Waals surface area contributed by atoms with Crippen LogP contribution in [0, 0.1) is 0 Å². The van der Waals surface area contributed by atoms with E-state index in [1.165, 1.54) is 0 Å². The van der Waals surface area contributed by atoms with Crippen LogP contribution in [0.5, 0.6) is 0 Å². The van der Waals surface area contributed by atoms with Gasteiger partial charge in [0.15, 0.2) is 0 Å². The van der Waals surface area contributed by atoms with Crippen molar-refractivity contribution in [2.75, 3.05) is 6.61 Å². The molecule has 3 nitrogen and oxygen atoms in total. The van der Waals surface area contributed by atoms with Crippen LogP contribution >= 0.6 is 0 Å². The van der Waals surface area contributed by atoms with E-state index in [0.29, 0.717) is 6.42 Å². The molecule has 0 aliphatic heterocycles. The molecule has 2 aromatic rings. The van der Waals surface area contributed by atoms with Crippen LogP contribution in [0.2, 0.25) is 0 Å². The standard InChI is InChI=1S/C11H12N2O/c14-7-4-9-2-1-3-10(8-9)11-12-5-6-13-11/h1-3,5-6,8,14H,4,7H2,(H,12,13). The lowest BCUT2D eigenvalue weighted by molar-refractivity contribution is 0.299. The number of benzene rings is 1. The minimum Gasteiger partial charge on any atom is -0.396 e. The summed E-state index contributed by atoms with van der Waals surface area (Å²) >= 11 is 0. The molecule has 0 saturated carbocycles. The van der Waals surface area contributed by atoms with Crippen LogP contribution in [-0.2, 0) is 6.42 Å². The van der Waals surface area contributed by atoms with Crippen molar-refractivity contribution in [2.45, 2.75) is 6.42 Å². The average Bonchev–Trinajstić information content (AvgIpc) is 2.71. The van der Waals surface area contributed by atoms with E-state index in [1.54, 1.807) is 12.4 Å². The zero-order chi connectivity index (χ0) is 9.80. The molecule has 0 fully saturated rings. The van der Waals surface area contributed by atoms with E-state index < -0.39 is 0 Å². The molecule has 14 heavy (non-hydrogen) atoms. The molecule has 1 heterocycles. The highest BCUT2D eigenvalue weighted by molar-refractivity contribution is 5.55. The number of aliphatic hydroxyl groups is 1. The molecular weight excluding hydrogens is 176 g/mol. The molecule has 2 rings (SSSR count). The number of aromatic amines is 1. The van der Waals surface area contributed by atoms with Gasteiger partial charge in [-0.05, 0) is 18.1 Å². The van der Waals surface area contributed by atoms with Crippen molar-refractivity contribution in [2.24, 2.45) is 0 Å². The number of aliphatic hydroxyl groups excluding tert-OH is 1. The van der Waals surface area contributed by atoms with Gasteiger partial charge in [-0.15, -0.1) is 0 Å². The number of hydrogen-bond donors (Lipinski definition) is 2. The van der Waals surface area contributed by atoms with Gasteiger partial charge in [-0.3, -0.25) is 0 Å². The number of H-pyrrole nitrogens is 1. The van der Waals surface area contributed by atoms with Crippen molar-refractivity contribution in [1.82, 2.24) is 9.97 Å². The van der Waals surface area contributed by atoms with Crippen LogP contribution in [0.15, 0.2) is 36.7 Å². The summed E-state index contributed by atoms with van der Waals surface area (Å²) in [5, 5.41) is 8.82. The number of imidazole rings is 1. The Bertz CT molecular complexity index is 395. The first-order valence-corrected chi connectivity index (χ1v) is 4.59. The van der Waals surface area contributed by atoms with E-state index in [-0.39, 0.29) is 6.61 Å². The number of nitrogens with one attached hydrogen (secondary N) is 1. The molecule has 3 heteroatoms. The Morgan fingerprint density at radius 1 is 1.36 bits per heavy atom. The Hall–Kier alpha value is -1.61. The molecule has 0 aliphatic carbocycles. The van der Waals surface area contributed by atoms with Gasteiger partial charge < -0.3 is 10.1 Å². The number of nitrogens with zero attached hydrogens (tertiary/aromatic N) is 1. The van der Waals surface area contributed by atoms with Crippen molar-refractivity contribution in [1.29, 1.82) is 0 Å². The number of aromatic nitrogens is 2. The second-order valence-corrected chi connectivity index (χ2v) is 3.11. The summed E-state index contributed by atoms with van der Waals surface area (Å²) in [4.78, 5) is 7.22. The summed E-state index contributed by atoms with van der Waals surface area (Å²) in [5.74, 6) is 0.866. The Morgan fingerprint density at radius 3 is 3.00 bits per heavy atom. The Morgan fingerprint density at radius 2 is 2.29 bits per heavy atom. The van der Waals surface area contributed by atoms with Crippen LogP contribution in [0.4, 0.5) is 0 Å². The van der Waals surface area contributed by atoms with Crippen molar-refractivity contribution in [3.8, 4) is 11.4 Å². The fraction of sp³-hybridized carbons (Fsp3) is 0.182. The highest BCUT2D eigenvalue weighted by atomic mass is 16.2. The van der Waals surface area contributed by atoms with Crippen molar-refractivity contribution in [3.05, 3.63) is 42.2 Å². The summed E-state index contributed by atoms with van der Waals surface area (Å²) < 4.78 is 0. The topological polar surface area (TPSA) is 48.9 Å². The van der Waals surface area contributed by atoms with Crippen LogP contribution in [0.25, 0.3) is 11.4 Å². The van der Waals surface area contributed by atoms with Crippen LogP contribution in [-0.4, -0.2) is 21.7 Å². The van der Waals surface area contributed by atoms with Gasteiger partial charge >= 0.3 is 0 Å². The summed E-state index contributed by atoms with van der Waals surface area (Å²) in [6.07, 6.45) is 4.22. The zero-order valence-electron chi connectivity index (χ0n) is 7.77. The molecular formula is C11H12N2O. The molecule has 0 bridgehead atoms. The molecule has 0 unspecified atom stereocenters. The molecule has 0 amide bonds. The Kier molecular flexibility index (Phi) is 2.60. The molecule has 1 aromatic heterocycles. The summed E-state index contributed by atoms with van der Waals surface area (Å²) in [6, 6.07) is 8.01. The van der Waals surface area contributed by atoms with Crippen LogP contribution in [0.1, 0.15) is 5.56 Å². The maximum absolute atomic E-state index is 8.82. The molecule has 72 valence electrons. The Balaban J connectivity index is 2.31. The van der Waals surface area contributed by atoms with Crippen molar-refractivity contribution < 1.29 is 5.11 Å². The number of rotatable bonds is 3. The fourth-order valence-corrected chi connectivity index (χ4v) is 1.43. The average molecular weight is 188 g/mol. The lowest BCUT2D eigenvalue weighted by Crippen LogP contribution is -1.91. The van der Waals surface area contributed by atoms with Gasteiger partial charge in [0, 0.05) is 24.6 Å². The predicted octanol–water partition coefficient (Wildman–Crippen LogP) is 1.61. The highest BCUT2D eigenvalue weighted by Gasteiger charge is 2.00. The third-order valence-corrected chi connectivity index (χ3v) is 2.10. The SMILES string of the molecule is OCCc1cccc(-c2ncc[nH]2)c1. The quantitative estimate of drug-likeness (QED) is 0.768. The molecule has 2 N–H and O–H groups in total. The predicted molar refractivity (Wildman–Crippen MR) is 54.8 cm³/mol. The number of hydrogen-bond acceptors (Lipinski definition) is 2. The molecule has 0 radical (unpaired) electrons. The normalized spacial score (nSPS) is 10.4. The van der Waals surface area contributed by atoms with E-state index in [0.717, 1.165) is 17.0 Å². The summed E-state index contributed by atoms with van der Waals surface area (Å²) in [5.41, 5.74) is 2.18. The maximum atomic E-state index is 8.82. The second-order valence-electron chi connectivity index (χ2n) is 3.11. The van der Waals surface area contributed by atoms with E-state index in [1.807, 2.05) is 24.3 Å². The van der Waals surface area contributed by atoms with Gasteiger partial charge in [-0.2, -0.15) is 0 Å². The molecule has 0 spiro atoms. The van der Waals surface area contributed by atoms with Gasteiger partial charge in [0.2, 0.25) is 0 Å². The molecule has 0 atom stereocenters. The van der Waals surface area contributed by atoms with Gasteiger partial charge in [0.25, 0.3) is 0 Å². The van der Waals surface area contributed by atoms with Crippen molar-refractivity contribution >= 4 is 0 Å². The monoisotopic (exact) mass is 188 g/mol. The summed E-state index contributed by atoms with van der Waals surface area (Å²) in [6.45, 7) is 0.182. The first-order chi connectivity index (χ1) is 6.90. The minimum atomic E-state index is 0.182. The first-order valence-electron chi connectivity index (χ1n) is 4.59. The van der Waals surface area contributed by atoms with Crippen molar-refractivity contribution in [3.63, 3.8) is 0 Å². The fourth-order valence-electron chi connectivity index (χ4n) is 1.43. The third-order valence-electron chi connectivity index (χ3n) is 2.10. The highest BCUT2D eigenvalue weighted by Crippen LogP contribution is 2.15. The maximum Gasteiger partial charge on any atom is 0.137 e. The largest absolute Gasteiger partial charge is 0.396 e. The zero-order valence-corrected chi connectivity index (χ0v) is 7.77. The van der Waals surface area contributed by atoms with E-state index >= 15 is 0 Å². The van der Waals surface area contributed by atoms with Gasteiger partial charge in [0.1, 0.15) is 5.82 Å². The molecule has 1 aromatic carbocycles. The van der Waals surface area contributed by atoms with E-state index in [4.69, 9.17) is 5.11 Å². The molecule has 0 aliphatic rings. The molecule has 0 saturated heterocycles.